The number of nitrogens with one attached hydrogen (secondary N) is 1. The second-order valence-electron chi connectivity index (χ2n) is 6.96. The van der Waals surface area contributed by atoms with E-state index in [-0.39, 0.29) is 24.5 Å². The lowest BCUT2D eigenvalue weighted by Gasteiger charge is -2.33. The van der Waals surface area contributed by atoms with Crippen molar-refractivity contribution in [2.24, 2.45) is 0 Å². The number of carbonyl (C=O) groups excluding carboxylic acids is 2. The van der Waals surface area contributed by atoms with Gasteiger partial charge in [0, 0.05) is 11.1 Å². The maximum atomic E-state index is 12.7. The third-order valence-corrected chi connectivity index (χ3v) is 3.95. The highest BCUT2D eigenvalue weighted by molar-refractivity contribution is 6.00. The molecule has 2 heterocycles. The van der Waals surface area contributed by atoms with E-state index in [4.69, 9.17) is 9.47 Å². The number of esters is 1. The molecule has 0 aliphatic carbocycles. The van der Waals surface area contributed by atoms with E-state index in [1.165, 1.54) is 0 Å². The van der Waals surface area contributed by atoms with Gasteiger partial charge in [-0.1, -0.05) is 18.2 Å². The van der Waals surface area contributed by atoms with Crippen LogP contribution in [0.15, 0.2) is 24.3 Å². The third kappa shape index (κ3) is 2.62. The van der Waals surface area contributed by atoms with Gasteiger partial charge < -0.3 is 9.47 Å². The highest BCUT2D eigenvalue weighted by atomic mass is 16.6. The Hall–Kier alpha value is -1.92. The first-order valence-electron chi connectivity index (χ1n) is 7.78. The normalized spacial score (nSPS) is 26.2. The molecular formula is C17H22N2O4. The molecule has 0 radical (unpaired) electrons. The van der Waals surface area contributed by atoms with Gasteiger partial charge in [-0.3, -0.25) is 19.8 Å². The number of fused-ring (bicyclic) bond motifs is 3. The summed E-state index contributed by atoms with van der Waals surface area (Å²) >= 11 is 0. The number of nitrogens with zero attached hydrogens (tertiary/aromatic N) is 1. The van der Waals surface area contributed by atoms with Gasteiger partial charge in [-0.15, -0.1) is 0 Å². The summed E-state index contributed by atoms with van der Waals surface area (Å²) in [5.74, 6) is -1.54. The molecule has 3 rings (SSSR count). The number of ether oxygens (including phenoxy) is 2. The zero-order valence-corrected chi connectivity index (χ0v) is 13.9. The summed E-state index contributed by atoms with van der Waals surface area (Å²) in [6.45, 7) is 7.76. The molecule has 2 aliphatic heterocycles. The van der Waals surface area contributed by atoms with Crippen molar-refractivity contribution >= 4 is 11.9 Å². The number of hydrogen-bond donors (Lipinski definition) is 1. The number of rotatable bonds is 3. The lowest BCUT2D eigenvalue weighted by Crippen LogP contribution is -2.54. The monoisotopic (exact) mass is 318 g/mol. The maximum Gasteiger partial charge on any atom is 0.320 e. The van der Waals surface area contributed by atoms with Crippen LogP contribution in [-0.4, -0.2) is 41.6 Å². The van der Waals surface area contributed by atoms with Crippen LogP contribution in [0.3, 0.4) is 0 Å². The van der Waals surface area contributed by atoms with Gasteiger partial charge in [-0.05, 0) is 33.8 Å². The summed E-state index contributed by atoms with van der Waals surface area (Å²) in [5, 5.41) is 3.10. The van der Waals surface area contributed by atoms with Crippen LogP contribution in [0, 0.1) is 0 Å². The molecule has 1 aromatic rings. The maximum absolute atomic E-state index is 12.7. The first kappa shape index (κ1) is 16.0. The van der Waals surface area contributed by atoms with Gasteiger partial charge in [0.25, 0.3) is 5.91 Å². The lowest BCUT2D eigenvalue weighted by atomic mass is 10.1. The SMILES string of the molecule is C[C@H]1COC2(NCC(=O)OC(C)(C)C)c3ccccc3C(=O)N12. The summed E-state index contributed by atoms with van der Waals surface area (Å²) in [7, 11) is 0. The van der Waals surface area contributed by atoms with Crippen LogP contribution in [0.25, 0.3) is 0 Å². The van der Waals surface area contributed by atoms with Crippen LogP contribution in [0.5, 0.6) is 0 Å². The third-order valence-electron chi connectivity index (χ3n) is 3.95. The minimum Gasteiger partial charge on any atom is -0.459 e. The average Bonchev–Trinajstić information content (AvgIpc) is 2.92. The number of amides is 1. The molecule has 1 saturated heterocycles. The van der Waals surface area contributed by atoms with Gasteiger partial charge in [-0.2, -0.15) is 0 Å². The molecule has 23 heavy (non-hydrogen) atoms. The van der Waals surface area contributed by atoms with Crippen molar-refractivity contribution in [3.8, 4) is 0 Å². The van der Waals surface area contributed by atoms with E-state index in [1.807, 2.05) is 45.9 Å². The molecular weight excluding hydrogens is 296 g/mol. The van der Waals surface area contributed by atoms with E-state index in [9.17, 15) is 9.59 Å². The Morgan fingerprint density at radius 3 is 2.83 bits per heavy atom. The molecule has 2 aliphatic rings. The number of benzene rings is 1. The molecule has 1 aromatic carbocycles. The van der Waals surface area contributed by atoms with Crippen molar-refractivity contribution in [1.82, 2.24) is 10.2 Å². The van der Waals surface area contributed by atoms with E-state index in [2.05, 4.69) is 5.32 Å². The zero-order chi connectivity index (χ0) is 16.8. The van der Waals surface area contributed by atoms with Gasteiger partial charge in [0.05, 0.1) is 19.2 Å². The minimum atomic E-state index is -1.08. The van der Waals surface area contributed by atoms with Gasteiger partial charge in [0.1, 0.15) is 5.60 Å². The molecule has 1 fully saturated rings. The Bertz CT molecular complexity index is 652. The molecule has 1 unspecified atom stereocenters. The van der Waals surface area contributed by atoms with Crippen LogP contribution in [-0.2, 0) is 20.1 Å². The van der Waals surface area contributed by atoms with E-state index in [0.29, 0.717) is 12.2 Å². The highest BCUT2D eigenvalue weighted by Gasteiger charge is 2.56. The van der Waals surface area contributed by atoms with Crippen LogP contribution >= 0.6 is 0 Å². The quantitative estimate of drug-likeness (QED) is 0.858. The zero-order valence-electron chi connectivity index (χ0n) is 13.9. The van der Waals surface area contributed by atoms with Crippen molar-refractivity contribution in [3.63, 3.8) is 0 Å². The Balaban J connectivity index is 1.86. The minimum absolute atomic E-state index is 0.0396. The lowest BCUT2D eigenvalue weighted by molar-refractivity contribution is -0.158. The molecule has 124 valence electrons. The second kappa shape index (κ2) is 5.32. The van der Waals surface area contributed by atoms with E-state index < -0.39 is 11.4 Å². The Kier molecular flexibility index (Phi) is 3.69. The largest absolute Gasteiger partial charge is 0.459 e. The van der Waals surface area contributed by atoms with Gasteiger partial charge in [0.2, 0.25) is 5.85 Å². The Morgan fingerprint density at radius 2 is 2.13 bits per heavy atom. The summed E-state index contributed by atoms with van der Waals surface area (Å²) < 4.78 is 11.3. The smallest absolute Gasteiger partial charge is 0.320 e. The summed E-state index contributed by atoms with van der Waals surface area (Å²) in [6.07, 6.45) is 0. The van der Waals surface area contributed by atoms with E-state index in [1.54, 1.807) is 11.0 Å². The van der Waals surface area contributed by atoms with Gasteiger partial charge in [-0.25, -0.2) is 0 Å². The average molecular weight is 318 g/mol. The predicted molar refractivity (Wildman–Crippen MR) is 83.6 cm³/mol. The van der Waals surface area contributed by atoms with Gasteiger partial charge in [0.15, 0.2) is 0 Å². The first-order valence-corrected chi connectivity index (χ1v) is 7.78. The number of carbonyl (C=O) groups is 2. The molecule has 6 nitrogen and oxygen atoms in total. The first-order chi connectivity index (χ1) is 10.7. The predicted octanol–water partition coefficient (Wildman–Crippen LogP) is 1.60. The molecule has 0 saturated carbocycles. The molecule has 6 heteroatoms. The van der Waals surface area contributed by atoms with Crippen LogP contribution in [0.1, 0.15) is 43.6 Å². The van der Waals surface area contributed by atoms with Gasteiger partial charge >= 0.3 is 5.97 Å². The molecule has 0 spiro atoms. The topological polar surface area (TPSA) is 67.9 Å². The van der Waals surface area contributed by atoms with Crippen molar-refractivity contribution in [2.75, 3.05) is 13.2 Å². The van der Waals surface area contributed by atoms with Crippen molar-refractivity contribution in [3.05, 3.63) is 35.4 Å². The highest BCUT2D eigenvalue weighted by Crippen LogP contribution is 2.43. The van der Waals surface area contributed by atoms with Crippen molar-refractivity contribution in [1.29, 1.82) is 0 Å². The fraction of sp³-hybridized carbons (Fsp3) is 0.529. The summed E-state index contributed by atoms with van der Waals surface area (Å²) in [5.41, 5.74) is 0.803. The van der Waals surface area contributed by atoms with Crippen LogP contribution < -0.4 is 5.32 Å². The van der Waals surface area contributed by atoms with Crippen molar-refractivity contribution < 1.29 is 19.1 Å². The molecule has 0 bridgehead atoms. The fourth-order valence-corrected chi connectivity index (χ4v) is 3.14. The molecule has 0 aromatic heterocycles. The van der Waals surface area contributed by atoms with Crippen molar-refractivity contribution in [2.45, 2.75) is 45.2 Å². The summed E-state index contributed by atoms with van der Waals surface area (Å²) in [4.78, 5) is 26.4. The number of hydrogen-bond acceptors (Lipinski definition) is 5. The second-order valence-corrected chi connectivity index (χ2v) is 6.96. The van der Waals surface area contributed by atoms with Crippen LogP contribution in [0.2, 0.25) is 0 Å². The molecule has 1 amide bonds. The molecule has 2 atom stereocenters. The van der Waals surface area contributed by atoms with Crippen LogP contribution in [0.4, 0.5) is 0 Å². The van der Waals surface area contributed by atoms with E-state index in [0.717, 1.165) is 5.56 Å². The summed E-state index contributed by atoms with van der Waals surface area (Å²) in [6, 6.07) is 7.25. The molecule has 1 N–H and O–H groups in total. The van der Waals surface area contributed by atoms with E-state index >= 15 is 0 Å². The Morgan fingerprint density at radius 1 is 1.43 bits per heavy atom. The fourth-order valence-electron chi connectivity index (χ4n) is 3.14. The standard InChI is InChI=1S/C17H22N2O4/c1-11-10-22-17(18-9-14(20)23-16(2,3)4)13-8-6-5-7-12(13)15(21)19(11)17/h5-8,11,18H,9-10H2,1-4H3/t11-,17?/m0/s1. The Labute approximate surface area is 135 Å².